The van der Waals surface area contributed by atoms with Crippen LogP contribution in [0.1, 0.15) is 31.0 Å². The first-order valence-corrected chi connectivity index (χ1v) is 6.51. The molecular formula is C15H17N3. The lowest BCUT2D eigenvalue weighted by Crippen LogP contribution is -2.29. The summed E-state index contributed by atoms with van der Waals surface area (Å²) < 4.78 is 0. The van der Waals surface area contributed by atoms with E-state index in [0.29, 0.717) is 6.04 Å². The van der Waals surface area contributed by atoms with E-state index in [1.165, 1.54) is 12.1 Å². The SMILES string of the molecule is C1=CC(c2ccccn2)NC(C2CCCC=N2)=C1. The summed E-state index contributed by atoms with van der Waals surface area (Å²) >= 11 is 0. The summed E-state index contributed by atoms with van der Waals surface area (Å²) in [5.74, 6) is 0. The molecular weight excluding hydrogens is 222 g/mol. The third-order valence-electron chi connectivity index (χ3n) is 3.36. The van der Waals surface area contributed by atoms with Crippen LogP contribution in [0.2, 0.25) is 0 Å². The van der Waals surface area contributed by atoms with Crippen molar-refractivity contribution in [2.24, 2.45) is 4.99 Å². The second kappa shape index (κ2) is 5.17. The molecule has 0 radical (unpaired) electrons. The van der Waals surface area contributed by atoms with Crippen LogP contribution in [0.25, 0.3) is 0 Å². The molecule has 2 aliphatic rings. The predicted octanol–water partition coefficient (Wildman–Crippen LogP) is 2.79. The minimum Gasteiger partial charge on any atom is -0.375 e. The van der Waals surface area contributed by atoms with E-state index in [2.05, 4.69) is 39.6 Å². The van der Waals surface area contributed by atoms with Crippen molar-refractivity contribution in [3.05, 3.63) is 54.0 Å². The van der Waals surface area contributed by atoms with E-state index in [1.807, 2.05) is 24.5 Å². The van der Waals surface area contributed by atoms with Crippen LogP contribution in [-0.2, 0) is 0 Å². The summed E-state index contributed by atoms with van der Waals surface area (Å²) in [7, 11) is 0. The number of nitrogens with zero attached hydrogens (tertiary/aromatic N) is 2. The fourth-order valence-electron chi connectivity index (χ4n) is 2.40. The Balaban J connectivity index is 1.76. The van der Waals surface area contributed by atoms with Gasteiger partial charge in [0.15, 0.2) is 0 Å². The van der Waals surface area contributed by atoms with Crippen molar-refractivity contribution in [2.75, 3.05) is 0 Å². The molecule has 3 heterocycles. The van der Waals surface area contributed by atoms with Crippen LogP contribution in [-0.4, -0.2) is 17.2 Å². The quantitative estimate of drug-likeness (QED) is 0.861. The summed E-state index contributed by atoms with van der Waals surface area (Å²) in [4.78, 5) is 8.97. The van der Waals surface area contributed by atoms with E-state index in [-0.39, 0.29) is 6.04 Å². The molecule has 0 saturated carbocycles. The smallest absolute Gasteiger partial charge is 0.0890 e. The minimum absolute atomic E-state index is 0.170. The molecule has 0 fully saturated rings. The summed E-state index contributed by atoms with van der Waals surface area (Å²) in [5, 5.41) is 3.54. The maximum atomic E-state index is 4.57. The third-order valence-corrected chi connectivity index (χ3v) is 3.36. The Morgan fingerprint density at radius 3 is 3.06 bits per heavy atom. The average Bonchev–Trinajstić information content (AvgIpc) is 2.49. The second-order valence-electron chi connectivity index (χ2n) is 4.66. The van der Waals surface area contributed by atoms with Crippen LogP contribution in [0, 0.1) is 0 Å². The van der Waals surface area contributed by atoms with Gasteiger partial charge in [-0.15, -0.1) is 0 Å². The molecule has 0 saturated heterocycles. The van der Waals surface area contributed by atoms with Crippen molar-refractivity contribution in [1.29, 1.82) is 0 Å². The van der Waals surface area contributed by atoms with Crippen LogP contribution in [0.3, 0.4) is 0 Å². The fraction of sp³-hybridized carbons (Fsp3) is 0.333. The highest BCUT2D eigenvalue weighted by molar-refractivity contribution is 5.59. The van der Waals surface area contributed by atoms with Gasteiger partial charge >= 0.3 is 0 Å². The highest BCUT2D eigenvalue weighted by Gasteiger charge is 2.20. The van der Waals surface area contributed by atoms with Crippen LogP contribution in [0.4, 0.5) is 0 Å². The average molecular weight is 239 g/mol. The Labute approximate surface area is 107 Å². The topological polar surface area (TPSA) is 37.3 Å². The number of pyridine rings is 1. The Bertz CT molecular complexity index is 488. The Hall–Kier alpha value is -1.90. The first-order valence-electron chi connectivity index (χ1n) is 6.51. The standard InChI is InChI=1S/C15H17N3/c1-3-10-16-12(6-1)14-8-5-9-15(18-14)13-7-2-4-11-17-13/h1,3,5-6,8-11,13-14,18H,2,4,7H2. The van der Waals surface area contributed by atoms with Gasteiger partial charge in [0.05, 0.1) is 17.8 Å². The summed E-state index contributed by atoms with van der Waals surface area (Å²) in [6.07, 6.45) is 13.7. The lowest BCUT2D eigenvalue weighted by atomic mass is 10.00. The highest BCUT2D eigenvalue weighted by atomic mass is 15.0. The normalized spacial score (nSPS) is 26.6. The Morgan fingerprint density at radius 1 is 1.28 bits per heavy atom. The minimum atomic E-state index is 0.170. The molecule has 1 aromatic heterocycles. The Kier molecular flexibility index (Phi) is 3.22. The van der Waals surface area contributed by atoms with E-state index in [1.54, 1.807) is 0 Å². The van der Waals surface area contributed by atoms with Crippen LogP contribution >= 0.6 is 0 Å². The molecule has 92 valence electrons. The number of aliphatic imine (C=N–C) groups is 1. The fourth-order valence-corrected chi connectivity index (χ4v) is 2.40. The first kappa shape index (κ1) is 11.2. The van der Waals surface area contributed by atoms with Crippen molar-refractivity contribution < 1.29 is 0 Å². The number of hydrogen-bond donors (Lipinski definition) is 1. The molecule has 2 atom stereocenters. The number of rotatable bonds is 2. The van der Waals surface area contributed by atoms with Crippen molar-refractivity contribution >= 4 is 6.21 Å². The number of nitrogens with one attached hydrogen (secondary N) is 1. The zero-order valence-corrected chi connectivity index (χ0v) is 10.3. The zero-order chi connectivity index (χ0) is 12.2. The van der Waals surface area contributed by atoms with Gasteiger partial charge in [0.2, 0.25) is 0 Å². The van der Waals surface area contributed by atoms with Gasteiger partial charge < -0.3 is 5.32 Å². The highest BCUT2D eigenvalue weighted by Crippen LogP contribution is 2.23. The van der Waals surface area contributed by atoms with Crippen molar-refractivity contribution in [3.8, 4) is 0 Å². The first-order chi connectivity index (χ1) is 8.93. The van der Waals surface area contributed by atoms with Crippen LogP contribution < -0.4 is 5.32 Å². The molecule has 0 bridgehead atoms. The van der Waals surface area contributed by atoms with Gasteiger partial charge in [0.1, 0.15) is 0 Å². The number of hydrogen-bond acceptors (Lipinski definition) is 3. The molecule has 3 heteroatoms. The lowest BCUT2D eigenvalue weighted by molar-refractivity contribution is 0.561. The lowest BCUT2D eigenvalue weighted by Gasteiger charge is -2.26. The van der Waals surface area contributed by atoms with Gasteiger partial charge in [0, 0.05) is 11.9 Å². The molecule has 2 unspecified atom stereocenters. The van der Waals surface area contributed by atoms with Crippen LogP contribution in [0.5, 0.6) is 0 Å². The van der Waals surface area contributed by atoms with E-state index in [4.69, 9.17) is 0 Å². The molecule has 0 aliphatic carbocycles. The number of aromatic nitrogens is 1. The molecule has 2 aliphatic heterocycles. The molecule has 3 rings (SSSR count). The molecule has 3 nitrogen and oxygen atoms in total. The molecule has 1 N–H and O–H groups in total. The summed E-state index contributed by atoms with van der Waals surface area (Å²) in [6.45, 7) is 0. The molecule has 18 heavy (non-hydrogen) atoms. The summed E-state index contributed by atoms with van der Waals surface area (Å²) in [5.41, 5.74) is 2.27. The van der Waals surface area contributed by atoms with E-state index in [0.717, 1.165) is 18.5 Å². The van der Waals surface area contributed by atoms with Crippen molar-refractivity contribution in [2.45, 2.75) is 31.3 Å². The maximum absolute atomic E-state index is 4.57. The largest absolute Gasteiger partial charge is 0.375 e. The van der Waals surface area contributed by atoms with Crippen molar-refractivity contribution in [1.82, 2.24) is 10.3 Å². The Morgan fingerprint density at radius 2 is 2.28 bits per heavy atom. The molecule has 1 aromatic rings. The van der Waals surface area contributed by atoms with Gasteiger partial charge in [-0.25, -0.2) is 0 Å². The van der Waals surface area contributed by atoms with Crippen LogP contribution in [0.15, 0.2) is 53.3 Å². The van der Waals surface area contributed by atoms with Gasteiger partial charge in [-0.2, -0.15) is 0 Å². The van der Waals surface area contributed by atoms with Gasteiger partial charge in [-0.3, -0.25) is 9.98 Å². The maximum Gasteiger partial charge on any atom is 0.0890 e. The predicted molar refractivity (Wildman–Crippen MR) is 73.5 cm³/mol. The van der Waals surface area contributed by atoms with Gasteiger partial charge in [-0.1, -0.05) is 18.2 Å². The number of dihydropyridines is 1. The third kappa shape index (κ3) is 2.35. The van der Waals surface area contributed by atoms with E-state index in [9.17, 15) is 0 Å². The molecule has 0 amide bonds. The van der Waals surface area contributed by atoms with Crippen molar-refractivity contribution in [3.63, 3.8) is 0 Å². The second-order valence-corrected chi connectivity index (χ2v) is 4.66. The monoisotopic (exact) mass is 239 g/mol. The van der Waals surface area contributed by atoms with E-state index < -0.39 is 0 Å². The van der Waals surface area contributed by atoms with Gasteiger partial charge in [0.25, 0.3) is 0 Å². The van der Waals surface area contributed by atoms with Gasteiger partial charge in [-0.05, 0) is 43.7 Å². The molecule has 0 spiro atoms. The van der Waals surface area contributed by atoms with E-state index >= 15 is 0 Å². The number of allylic oxidation sites excluding steroid dienone is 2. The molecule has 0 aromatic carbocycles. The zero-order valence-electron chi connectivity index (χ0n) is 10.3. The summed E-state index contributed by atoms with van der Waals surface area (Å²) in [6, 6.07) is 6.49.